The zero-order chi connectivity index (χ0) is 9.10. The Kier molecular flexibility index (Phi) is 2.83. The van der Waals surface area contributed by atoms with Crippen LogP contribution >= 0.6 is 0 Å². The fourth-order valence-electron chi connectivity index (χ4n) is 2.31. The lowest BCUT2D eigenvalue weighted by Crippen LogP contribution is -2.37. The highest BCUT2D eigenvalue weighted by Gasteiger charge is 2.32. The average molecular weight is 182 g/mol. The van der Waals surface area contributed by atoms with Crippen LogP contribution in [0.5, 0.6) is 0 Å². The number of piperidine rings is 1. The first-order valence-electron chi connectivity index (χ1n) is 5.34. The Bertz CT molecular complexity index is 203. The highest BCUT2D eigenvalue weighted by Crippen LogP contribution is 2.24. The van der Waals surface area contributed by atoms with Crippen molar-refractivity contribution in [1.29, 1.82) is 0 Å². The van der Waals surface area contributed by atoms with Gasteiger partial charge in [0.15, 0.2) is 0 Å². The molecular formula is C10H18N2O. The summed E-state index contributed by atoms with van der Waals surface area (Å²) in [6.45, 7) is 5.13. The fraction of sp³-hybridized carbons (Fsp3) is 0.900. The lowest BCUT2D eigenvalue weighted by atomic mass is 10.0. The fourth-order valence-corrected chi connectivity index (χ4v) is 2.31. The number of nitrogens with zero attached hydrogens (tertiary/aromatic N) is 2. The monoisotopic (exact) mass is 182 g/mol. The minimum absolute atomic E-state index is 0.611. The van der Waals surface area contributed by atoms with Gasteiger partial charge < -0.3 is 4.84 Å². The molecule has 2 saturated heterocycles. The van der Waals surface area contributed by atoms with Crippen molar-refractivity contribution in [3.05, 3.63) is 0 Å². The van der Waals surface area contributed by atoms with Gasteiger partial charge in [-0.1, -0.05) is 11.6 Å². The molecule has 0 spiro atoms. The lowest BCUT2D eigenvalue weighted by molar-refractivity contribution is 0.154. The molecule has 0 N–H and O–H groups in total. The van der Waals surface area contributed by atoms with E-state index in [0.29, 0.717) is 12.6 Å². The predicted octanol–water partition coefficient (Wildman–Crippen LogP) is 1.64. The Morgan fingerprint density at radius 1 is 1.46 bits per heavy atom. The van der Waals surface area contributed by atoms with Crippen LogP contribution < -0.4 is 0 Å². The zero-order valence-electron chi connectivity index (χ0n) is 8.33. The highest BCUT2D eigenvalue weighted by molar-refractivity contribution is 5.91. The summed E-state index contributed by atoms with van der Waals surface area (Å²) >= 11 is 0. The van der Waals surface area contributed by atoms with Crippen molar-refractivity contribution in [1.82, 2.24) is 4.90 Å². The molecule has 1 unspecified atom stereocenters. The van der Waals surface area contributed by atoms with Gasteiger partial charge >= 0.3 is 0 Å². The van der Waals surface area contributed by atoms with E-state index in [1.807, 2.05) is 6.92 Å². The van der Waals surface area contributed by atoms with Crippen molar-refractivity contribution in [2.24, 2.45) is 5.16 Å². The first-order chi connectivity index (χ1) is 6.42. The van der Waals surface area contributed by atoms with Crippen LogP contribution in [0.4, 0.5) is 0 Å². The van der Waals surface area contributed by atoms with Crippen LogP contribution in [0.2, 0.25) is 0 Å². The second-order valence-electron chi connectivity index (χ2n) is 3.80. The molecule has 0 aliphatic carbocycles. The minimum atomic E-state index is 0.611. The van der Waals surface area contributed by atoms with Crippen molar-refractivity contribution in [3.63, 3.8) is 0 Å². The van der Waals surface area contributed by atoms with E-state index in [9.17, 15) is 0 Å². The SMILES string of the molecule is CCO/N=C1/CCN2CCCCC12. The van der Waals surface area contributed by atoms with Gasteiger partial charge in [-0.2, -0.15) is 0 Å². The van der Waals surface area contributed by atoms with Crippen molar-refractivity contribution >= 4 is 5.71 Å². The summed E-state index contributed by atoms with van der Waals surface area (Å²) in [5, 5.41) is 4.20. The number of rotatable bonds is 2. The zero-order valence-corrected chi connectivity index (χ0v) is 8.33. The molecule has 0 aromatic heterocycles. The number of fused-ring (bicyclic) bond motifs is 1. The van der Waals surface area contributed by atoms with Crippen LogP contribution in [0.1, 0.15) is 32.6 Å². The summed E-state index contributed by atoms with van der Waals surface area (Å²) in [7, 11) is 0. The molecule has 0 radical (unpaired) electrons. The third-order valence-corrected chi connectivity index (χ3v) is 2.96. The Hall–Kier alpha value is -0.570. The number of hydrogen-bond donors (Lipinski definition) is 0. The van der Waals surface area contributed by atoms with Gasteiger partial charge in [-0.3, -0.25) is 4.90 Å². The first-order valence-corrected chi connectivity index (χ1v) is 5.34. The minimum Gasteiger partial charge on any atom is -0.396 e. The van der Waals surface area contributed by atoms with E-state index in [1.165, 1.54) is 38.1 Å². The maximum atomic E-state index is 5.13. The van der Waals surface area contributed by atoms with Crippen molar-refractivity contribution in [2.45, 2.75) is 38.6 Å². The molecule has 0 saturated carbocycles. The van der Waals surface area contributed by atoms with Crippen LogP contribution in [-0.4, -0.2) is 36.3 Å². The maximum Gasteiger partial charge on any atom is 0.114 e. The number of oxime groups is 1. The second kappa shape index (κ2) is 4.09. The first kappa shape index (κ1) is 9.00. The molecule has 2 fully saturated rings. The van der Waals surface area contributed by atoms with E-state index in [4.69, 9.17) is 4.84 Å². The molecule has 1 atom stereocenters. The maximum absolute atomic E-state index is 5.13. The summed E-state index contributed by atoms with van der Waals surface area (Å²) in [4.78, 5) is 7.67. The smallest absolute Gasteiger partial charge is 0.114 e. The second-order valence-corrected chi connectivity index (χ2v) is 3.80. The summed E-state index contributed by atoms with van der Waals surface area (Å²) in [6, 6.07) is 0.611. The van der Waals surface area contributed by atoms with Crippen LogP contribution in [0, 0.1) is 0 Å². The van der Waals surface area contributed by atoms with E-state index in [1.54, 1.807) is 0 Å². The van der Waals surface area contributed by atoms with Gasteiger partial charge in [0.1, 0.15) is 6.61 Å². The normalized spacial score (nSPS) is 32.1. The van der Waals surface area contributed by atoms with E-state index >= 15 is 0 Å². The summed E-state index contributed by atoms with van der Waals surface area (Å²) in [5.41, 5.74) is 1.28. The Morgan fingerprint density at radius 2 is 2.38 bits per heavy atom. The Morgan fingerprint density at radius 3 is 3.23 bits per heavy atom. The molecule has 0 amide bonds. The molecular weight excluding hydrogens is 164 g/mol. The van der Waals surface area contributed by atoms with Gasteiger partial charge in [-0.25, -0.2) is 0 Å². The molecule has 0 aromatic carbocycles. The molecule has 0 bridgehead atoms. The number of hydrogen-bond acceptors (Lipinski definition) is 3. The third-order valence-electron chi connectivity index (χ3n) is 2.96. The molecule has 3 nitrogen and oxygen atoms in total. The highest BCUT2D eigenvalue weighted by atomic mass is 16.6. The molecule has 2 aliphatic rings. The third kappa shape index (κ3) is 1.85. The van der Waals surface area contributed by atoms with Crippen molar-refractivity contribution in [3.8, 4) is 0 Å². The van der Waals surface area contributed by atoms with Crippen molar-refractivity contribution in [2.75, 3.05) is 19.7 Å². The van der Waals surface area contributed by atoms with E-state index in [0.717, 1.165) is 6.42 Å². The van der Waals surface area contributed by atoms with E-state index < -0.39 is 0 Å². The van der Waals surface area contributed by atoms with Crippen LogP contribution in [0.25, 0.3) is 0 Å². The lowest BCUT2D eigenvalue weighted by Gasteiger charge is -2.28. The van der Waals surface area contributed by atoms with Gasteiger partial charge in [-0.15, -0.1) is 0 Å². The van der Waals surface area contributed by atoms with Gasteiger partial charge in [0.25, 0.3) is 0 Å². The van der Waals surface area contributed by atoms with E-state index in [-0.39, 0.29) is 0 Å². The predicted molar refractivity (Wildman–Crippen MR) is 52.9 cm³/mol. The summed E-state index contributed by atoms with van der Waals surface area (Å²) in [6.07, 6.45) is 5.11. The summed E-state index contributed by atoms with van der Waals surface area (Å²) < 4.78 is 0. The van der Waals surface area contributed by atoms with Crippen LogP contribution in [0.15, 0.2) is 5.16 Å². The molecule has 2 heterocycles. The average Bonchev–Trinajstić information content (AvgIpc) is 2.58. The quantitative estimate of drug-likeness (QED) is 0.606. The van der Waals surface area contributed by atoms with Gasteiger partial charge in [-0.05, 0) is 26.3 Å². The van der Waals surface area contributed by atoms with E-state index in [2.05, 4.69) is 10.1 Å². The largest absolute Gasteiger partial charge is 0.396 e. The van der Waals surface area contributed by atoms with Crippen molar-refractivity contribution < 1.29 is 4.84 Å². The Balaban J connectivity index is 1.98. The molecule has 13 heavy (non-hydrogen) atoms. The van der Waals surface area contributed by atoms with Gasteiger partial charge in [0.05, 0.1) is 11.8 Å². The molecule has 2 aliphatic heterocycles. The Labute approximate surface area is 79.7 Å². The van der Waals surface area contributed by atoms with Gasteiger partial charge in [0, 0.05) is 13.0 Å². The molecule has 2 rings (SSSR count). The molecule has 3 heteroatoms. The molecule has 0 aromatic rings. The molecule has 74 valence electrons. The summed E-state index contributed by atoms with van der Waals surface area (Å²) in [5.74, 6) is 0. The standard InChI is InChI=1S/C10H18N2O/c1-2-13-11-9-6-8-12-7-4-3-5-10(9)12/h10H,2-8H2,1H3/b11-9-. The topological polar surface area (TPSA) is 24.8 Å². The van der Waals surface area contributed by atoms with Gasteiger partial charge in [0.2, 0.25) is 0 Å². The van der Waals surface area contributed by atoms with Crippen LogP contribution in [-0.2, 0) is 4.84 Å². The van der Waals surface area contributed by atoms with Crippen LogP contribution in [0.3, 0.4) is 0 Å².